The topological polar surface area (TPSA) is 69.7 Å². The van der Waals surface area contributed by atoms with E-state index in [1.807, 2.05) is 6.08 Å². The van der Waals surface area contributed by atoms with Crippen LogP contribution in [0.1, 0.15) is 106 Å². The van der Waals surface area contributed by atoms with Crippen LogP contribution in [-0.2, 0) is 23.9 Å². The molecule has 3 saturated carbocycles. The summed E-state index contributed by atoms with van der Waals surface area (Å²) in [6.07, 6.45) is 11.1. The molecule has 202 valence electrons. The Hall–Kier alpha value is -1.65. The number of carbonyl (C=O) groups excluding carboxylic acids is 3. The zero-order valence-electron chi connectivity index (χ0n) is 23.6. The quantitative estimate of drug-likeness (QED) is 0.365. The van der Waals surface area contributed by atoms with Gasteiger partial charge in [0, 0.05) is 26.2 Å². The maximum Gasteiger partial charge on any atom is 0.302 e. The summed E-state index contributed by atoms with van der Waals surface area (Å²) in [7, 11) is 0. The molecule has 9 atom stereocenters. The Balaban J connectivity index is 1.49. The minimum Gasteiger partial charge on any atom is -0.462 e. The van der Waals surface area contributed by atoms with E-state index >= 15 is 0 Å². The van der Waals surface area contributed by atoms with Crippen LogP contribution in [0.15, 0.2) is 11.6 Å². The van der Waals surface area contributed by atoms with Gasteiger partial charge in [0.25, 0.3) is 0 Å². The van der Waals surface area contributed by atoms with Gasteiger partial charge in [-0.1, -0.05) is 40.2 Å². The van der Waals surface area contributed by atoms with Crippen molar-refractivity contribution in [1.29, 1.82) is 0 Å². The molecule has 5 nitrogen and oxygen atoms in total. The Morgan fingerprint density at radius 3 is 2.33 bits per heavy atom. The third-order valence-corrected chi connectivity index (χ3v) is 11.0. The Bertz CT molecular complexity index is 905. The number of ether oxygens (including phenoxy) is 2. The van der Waals surface area contributed by atoms with E-state index in [1.165, 1.54) is 32.3 Å². The molecule has 5 heteroatoms. The van der Waals surface area contributed by atoms with Gasteiger partial charge in [0.2, 0.25) is 0 Å². The summed E-state index contributed by atoms with van der Waals surface area (Å²) in [4.78, 5) is 36.8. The fraction of sp³-hybridized carbons (Fsp3) is 0.839. The molecular formula is C31H48O5. The van der Waals surface area contributed by atoms with Crippen molar-refractivity contribution >= 4 is 17.7 Å². The SMILES string of the molecule is CC(=O)O[C@H]1CC[C@@]2(C)C(=CC(=O)[C@@H]3[C@H]4CC[C@@H]([C@H](C)CC[C@H](OC(C)=O)C(C)C)[C@@]4(C)CC[C@H]32)C1. The Labute approximate surface area is 218 Å². The summed E-state index contributed by atoms with van der Waals surface area (Å²) in [5.74, 6) is 2.38. The van der Waals surface area contributed by atoms with Crippen LogP contribution in [0.2, 0.25) is 0 Å². The average molecular weight is 501 g/mol. The van der Waals surface area contributed by atoms with Gasteiger partial charge in [0.15, 0.2) is 5.78 Å². The van der Waals surface area contributed by atoms with E-state index in [4.69, 9.17) is 9.47 Å². The zero-order valence-corrected chi connectivity index (χ0v) is 23.6. The number of ketones is 1. The highest BCUT2D eigenvalue weighted by molar-refractivity contribution is 5.94. The van der Waals surface area contributed by atoms with Crippen molar-refractivity contribution in [3.8, 4) is 0 Å². The average Bonchev–Trinajstić information content (AvgIpc) is 3.14. The molecule has 3 fully saturated rings. The molecule has 0 saturated heterocycles. The minimum absolute atomic E-state index is 0.0174. The lowest BCUT2D eigenvalue weighted by atomic mass is 9.46. The maximum atomic E-state index is 13.7. The van der Waals surface area contributed by atoms with E-state index in [2.05, 4.69) is 34.6 Å². The fourth-order valence-corrected chi connectivity index (χ4v) is 9.05. The molecule has 0 unspecified atom stereocenters. The number of allylic oxidation sites excluding steroid dienone is 1. The fourth-order valence-electron chi connectivity index (χ4n) is 9.05. The molecule has 0 aromatic carbocycles. The lowest BCUT2D eigenvalue weighted by molar-refractivity contribution is -0.150. The third kappa shape index (κ3) is 4.92. The molecule has 0 aromatic rings. The summed E-state index contributed by atoms with van der Waals surface area (Å²) in [6, 6.07) is 0. The van der Waals surface area contributed by atoms with Gasteiger partial charge >= 0.3 is 11.9 Å². The lowest BCUT2D eigenvalue weighted by Crippen LogP contribution is -2.53. The second kappa shape index (κ2) is 10.3. The van der Waals surface area contributed by atoms with Crippen molar-refractivity contribution in [2.24, 2.45) is 46.3 Å². The van der Waals surface area contributed by atoms with Gasteiger partial charge in [0.05, 0.1) is 0 Å². The zero-order chi connectivity index (χ0) is 26.4. The van der Waals surface area contributed by atoms with Gasteiger partial charge in [-0.15, -0.1) is 0 Å². The molecule has 0 radical (unpaired) electrons. The summed E-state index contributed by atoms with van der Waals surface area (Å²) < 4.78 is 11.2. The van der Waals surface area contributed by atoms with Gasteiger partial charge in [-0.05, 0) is 97.9 Å². The van der Waals surface area contributed by atoms with Crippen molar-refractivity contribution < 1.29 is 23.9 Å². The molecule has 4 aliphatic rings. The molecule has 0 aliphatic heterocycles. The lowest BCUT2D eigenvalue weighted by Gasteiger charge is -2.57. The number of carbonyl (C=O) groups is 3. The Morgan fingerprint density at radius 1 is 0.972 bits per heavy atom. The smallest absolute Gasteiger partial charge is 0.302 e. The number of rotatable bonds is 7. The van der Waals surface area contributed by atoms with Gasteiger partial charge in [-0.2, -0.15) is 0 Å². The van der Waals surface area contributed by atoms with E-state index in [9.17, 15) is 14.4 Å². The molecule has 4 rings (SSSR count). The molecule has 0 bridgehead atoms. The van der Waals surface area contributed by atoms with Crippen LogP contribution >= 0.6 is 0 Å². The second-order valence-corrected chi connectivity index (χ2v) is 13.4. The molecule has 0 heterocycles. The second-order valence-electron chi connectivity index (χ2n) is 13.4. The highest BCUT2D eigenvalue weighted by atomic mass is 16.5. The predicted molar refractivity (Wildman–Crippen MR) is 140 cm³/mol. The monoisotopic (exact) mass is 500 g/mol. The molecule has 4 aliphatic carbocycles. The number of hydrogen-bond donors (Lipinski definition) is 0. The van der Waals surface area contributed by atoms with E-state index < -0.39 is 0 Å². The highest BCUT2D eigenvalue weighted by Crippen LogP contribution is 2.66. The van der Waals surface area contributed by atoms with Crippen LogP contribution < -0.4 is 0 Å². The van der Waals surface area contributed by atoms with E-state index in [-0.39, 0.29) is 40.9 Å². The predicted octanol–water partition coefficient (Wildman–Crippen LogP) is 6.68. The van der Waals surface area contributed by atoms with Crippen LogP contribution in [0.4, 0.5) is 0 Å². The minimum atomic E-state index is -0.226. The normalized spacial score (nSPS) is 39.4. The first-order valence-corrected chi connectivity index (χ1v) is 14.5. The van der Waals surface area contributed by atoms with Crippen LogP contribution in [0, 0.1) is 46.3 Å². The first kappa shape index (κ1) is 27.4. The summed E-state index contributed by atoms with van der Waals surface area (Å²) >= 11 is 0. The van der Waals surface area contributed by atoms with Crippen molar-refractivity contribution in [3.63, 3.8) is 0 Å². The van der Waals surface area contributed by atoms with Crippen molar-refractivity contribution in [1.82, 2.24) is 0 Å². The standard InChI is InChI=1S/C31H48O5/c1-18(2)28(36-21(5)33)11-8-19(3)24-9-10-25-29-26(13-15-31(24,25)7)30(6)14-12-23(35-20(4)32)16-22(30)17-27(29)34/h17-19,23-26,28-29H,8-16H2,1-7H3/t19-,23+,24+,25-,26-,28+,29-,30+,31-/m1/s1. The van der Waals surface area contributed by atoms with Gasteiger partial charge in [-0.3, -0.25) is 14.4 Å². The van der Waals surface area contributed by atoms with Crippen LogP contribution in [0.3, 0.4) is 0 Å². The molecule has 0 spiro atoms. The van der Waals surface area contributed by atoms with E-state index in [0.717, 1.165) is 38.5 Å². The third-order valence-electron chi connectivity index (χ3n) is 11.0. The summed E-state index contributed by atoms with van der Waals surface area (Å²) in [5, 5.41) is 0. The first-order valence-electron chi connectivity index (χ1n) is 14.5. The van der Waals surface area contributed by atoms with Crippen molar-refractivity contribution in [2.75, 3.05) is 0 Å². The largest absolute Gasteiger partial charge is 0.462 e. The number of esters is 2. The molecule has 0 amide bonds. The van der Waals surface area contributed by atoms with Crippen molar-refractivity contribution in [2.45, 2.75) is 118 Å². The summed E-state index contributed by atoms with van der Waals surface area (Å²) in [6.45, 7) is 14.5. The van der Waals surface area contributed by atoms with E-state index in [1.54, 1.807) is 0 Å². The van der Waals surface area contributed by atoms with E-state index in [0.29, 0.717) is 41.8 Å². The highest BCUT2D eigenvalue weighted by Gasteiger charge is 2.61. The maximum absolute atomic E-state index is 13.7. The first-order chi connectivity index (χ1) is 16.9. The molecule has 0 N–H and O–H groups in total. The molecule has 0 aromatic heterocycles. The Morgan fingerprint density at radius 2 is 1.69 bits per heavy atom. The number of hydrogen-bond acceptors (Lipinski definition) is 5. The van der Waals surface area contributed by atoms with Crippen molar-refractivity contribution in [3.05, 3.63) is 11.6 Å². The van der Waals surface area contributed by atoms with Crippen LogP contribution in [-0.4, -0.2) is 29.9 Å². The van der Waals surface area contributed by atoms with Crippen LogP contribution in [0.5, 0.6) is 0 Å². The number of fused-ring (bicyclic) bond motifs is 5. The van der Waals surface area contributed by atoms with Gasteiger partial charge in [0.1, 0.15) is 12.2 Å². The molecule has 36 heavy (non-hydrogen) atoms. The summed E-state index contributed by atoms with van der Waals surface area (Å²) in [5.41, 5.74) is 1.47. The van der Waals surface area contributed by atoms with Gasteiger partial charge < -0.3 is 9.47 Å². The van der Waals surface area contributed by atoms with Crippen LogP contribution in [0.25, 0.3) is 0 Å². The van der Waals surface area contributed by atoms with Gasteiger partial charge in [-0.25, -0.2) is 0 Å². The Kier molecular flexibility index (Phi) is 7.80. The molecular weight excluding hydrogens is 452 g/mol.